The van der Waals surface area contributed by atoms with Crippen molar-refractivity contribution in [3.8, 4) is 0 Å². The van der Waals surface area contributed by atoms with Gasteiger partial charge >= 0.3 is 0 Å². The topological polar surface area (TPSA) is 26.0 Å². The number of hydrogen-bond donors (Lipinski definition) is 1. The first-order chi connectivity index (χ1) is 7.77. The molecule has 2 atom stereocenters. The molecule has 1 aliphatic rings. The summed E-state index contributed by atoms with van der Waals surface area (Å²) < 4.78 is 13.6. The molecule has 0 unspecified atom stereocenters. The van der Waals surface area contributed by atoms with Gasteiger partial charge in [-0.2, -0.15) is 0 Å². The van der Waals surface area contributed by atoms with E-state index in [9.17, 15) is 4.39 Å². The van der Waals surface area contributed by atoms with Crippen molar-refractivity contribution in [3.63, 3.8) is 0 Å². The van der Waals surface area contributed by atoms with Crippen molar-refractivity contribution in [2.75, 3.05) is 0 Å². The van der Waals surface area contributed by atoms with Crippen LogP contribution in [-0.2, 0) is 0 Å². The third-order valence-corrected chi connectivity index (χ3v) is 3.63. The zero-order chi connectivity index (χ0) is 11.1. The second-order valence-electron chi connectivity index (χ2n) is 4.53. The van der Waals surface area contributed by atoms with Gasteiger partial charge in [0, 0.05) is 11.4 Å². The van der Waals surface area contributed by atoms with E-state index in [1.807, 2.05) is 18.2 Å². The lowest BCUT2D eigenvalue weighted by Gasteiger charge is -2.34. The summed E-state index contributed by atoms with van der Waals surface area (Å²) in [7, 11) is 0. The van der Waals surface area contributed by atoms with Crippen molar-refractivity contribution in [2.45, 2.75) is 24.8 Å². The van der Waals surface area contributed by atoms with Gasteiger partial charge in [0.15, 0.2) is 0 Å². The minimum absolute atomic E-state index is 0. The fraction of sp³-hybridized carbons (Fsp3) is 0.286. The van der Waals surface area contributed by atoms with Crippen LogP contribution < -0.4 is 5.73 Å². The molecule has 3 rings (SSSR count). The highest BCUT2D eigenvalue weighted by molar-refractivity contribution is 5.87. The molecule has 0 bridgehead atoms. The summed E-state index contributed by atoms with van der Waals surface area (Å²) >= 11 is 0. The van der Waals surface area contributed by atoms with E-state index >= 15 is 0 Å². The lowest BCUT2D eigenvalue weighted by atomic mass is 9.74. The van der Waals surface area contributed by atoms with E-state index in [0.29, 0.717) is 11.3 Å². The minimum Gasteiger partial charge on any atom is -0.327 e. The van der Waals surface area contributed by atoms with Gasteiger partial charge in [-0.1, -0.05) is 30.3 Å². The average molecular weight is 252 g/mol. The largest absolute Gasteiger partial charge is 0.327 e. The zero-order valence-electron chi connectivity index (χ0n) is 9.40. The van der Waals surface area contributed by atoms with Gasteiger partial charge in [0.2, 0.25) is 0 Å². The number of benzene rings is 2. The Balaban J connectivity index is 0.00000108. The lowest BCUT2D eigenvalue weighted by molar-refractivity contribution is 0.348. The van der Waals surface area contributed by atoms with Gasteiger partial charge in [0.1, 0.15) is 5.82 Å². The molecule has 1 aliphatic carbocycles. The molecule has 2 aromatic carbocycles. The highest BCUT2D eigenvalue weighted by atomic mass is 35.5. The molecule has 2 aromatic rings. The van der Waals surface area contributed by atoms with Gasteiger partial charge in [0.05, 0.1) is 0 Å². The molecule has 0 heterocycles. The maximum Gasteiger partial charge on any atom is 0.131 e. The molecule has 0 spiro atoms. The first kappa shape index (κ1) is 12.3. The van der Waals surface area contributed by atoms with Crippen LogP contribution in [0.25, 0.3) is 10.8 Å². The van der Waals surface area contributed by atoms with Crippen LogP contribution in [0.15, 0.2) is 36.4 Å². The quantitative estimate of drug-likeness (QED) is 0.823. The molecule has 1 fully saturated rings. The number of nitrogens with two attached hydrogens (primary N) is 1. The molecule has 3 heteroatoms. The summed E-state index contributed by atoms with van der Waals surface area (Å²) in [6, 6.07) is 11.3. The second kappa shape index (κ2) is 4.63. The summed E-state index contributed by atoms with van der Waals surface area (Å²) in [5.41, 5.74) is 7.19. The summed E-state index contributed by atoms with van der Waals surface area (Å²) in [5.74, 6) is 0.262. The minimum atomic E-state index is -0.146. The normalized spacial score (nSPS) is 22.9. The fourth-order valence-electron chi connectivity index (χ4n) is 2.53. The van der Waals surface area contributed by atoms with E-state index in [2.05, 4.69) is 6.07 Å². The smallest absolute Gasteiger partial charge is 0.131 e. The Morgan fingerprint density at radius 2 is 1.71 bits per heavy atom. The van der Waals surface area contributed by atoms with E-state index < -0.39 is 0 Å². The van der Waals surface area contributed by atoms with Crippen molar-refractivity contribution in [1.82, 2.24) is 0 Å². The molecule has 0 aromatic heterocycles. The lowest BCUT2D eigenvalue weighted by Crippen LogP contribution is -2.37. The number of fused-ring (bicyclic) bond motifs is 1. The van der Waals surface area contributed by atoms with Crippen molar-refractivity contribution in [1.29, 1.82) is 0 Å². The van der Waals surface area contributed by atoms with E-state index in [-0.39, 0.29) is 24.3 Å². The molecule has 0 saturated heterocycles. The van der Waals surface area contributed by atoms with Crippen LogP contribution in [0, 0.1) is 5.82 Å². The molecule has 0 amide bonds. The molecule has 90 valence electrons. The Kier molecular flexibility index (Phi) is 3.36. The summed E-state index contributed by atoms with van der Waals surface area (Å²) in [6.07, 6.45) is 2.20. The van der Waals surface area contributed by atoms with Crippen LogP contribution >= 0.6 is 12.4 Å². The fourth-order valence-corrected chi connectivity index (χ4v) is 2.53. The van der Waals surface area contributed by atoms with Gasteiger partial charge in [0.25, 0.3) is 0 Å². The molecule has 1 nitrogen and oxygen atoms in total. The summed E-state index contributed by atoms with van der Waals surface area (Å²) in [4.78, 5) is 0. The Bertz CT molecular complexity index is 541. The van der Waals surface area contributed by atoms with E-state index in [1.165, 1.54) is 11.6 Å². The molecule has 1 saturated carbocycles. The molecule has 0 radical (unpaired) electrons. The SMILES string of the molecule is Cl.N[C@@H]1CC[C@@H]1c1cccc2c(F)cccc12. The molecular weight excluding hydrogens is 237 g/mol. The molecular formula is C14H15ClFN. The van der Waals surface area contributed by atoms with Crippen molar-refractivity contribution in [2.24, 2.45) is 5.73 Å². The molecule has 17 heavy (non-hydrogen) atoms. The van der Waals surface area contributed by atoms with Crippen LogP contribution in [0.5, 0.6) is 0 Å². The van der Waals surface area contributed by atoms with E-state index in [1.54, 1.807) is 6.07 Å². The van der Waals surface area contributed by atoms with Gasteiger partial charge < -0.3 is 5.73 Å². The third-order valence-electron chi connectivity index (χ3n) is 3.63. The first-order valence-corrected chi connectivity index (χ1v) is 5.70. The number of halogens is 2. The van der Waals surface area contributed by atoms with Gasteiger partial charge in [-0.3, -0.25) is 0 Å². The zero-order valence-corrected chi connectivity index (χ0v) is 10.2. The predicted molar refractivity (Wildman–Crippen MR) is 71.1 cm³/mol. The second-order valence-corrected chi connectivity index (χ2v) is 4.53. The number of hydrogen-bond acceptors (Lipinski definition) is 1. The standard InChI is InChI=1S/C14H14FN.ClH/c15-13-6-2-4-9-10(3-1-5-11(9)13)12-7-8-14(12)16;/h1-6,12,14H,7-8,16H2;1H/t12-,14-;/m1./s1. The van der Waals surface area contributed by atoms with Crippen LogP contribution in [-0.4, -0.2) is 6.04 Å². The van der Waals surface area contributed by atoms with Crippen molar-refractivity contribution >= 4 is 23.2 Å². The summed E-state index contributed by atoms with van der Waals surface area (Å²) in [5, 5.41) is 1.72. The average Bonchev–Trinajstić information content (AvgIpc) is 2.29. The van der Waals surface area contributed by atoms with Crippen molar-refractivity contribution < 1.29 is 4.39 Å². The van der Waals surface area contributed by atoms with E-state index in [0.717, 1.165) is 18.2 Å². The number of rotatable bonds is 1. The Hall–Kier alpha value is -1.12. The van der Waals surface area contributed by atoms with Crippen LogP contribution in [0.4, 0.5) is 4.39 Å². The monoisotopic (exact) mass is 251 g/mol. The Labute approximate surface area is 106 Å². The predicted octanol–water partition coefficient (Wildman–Crippen LogP) is 3.61. The van der Waals surface area contributed by atoms with Gasteiger partial charge in [-0.05, 0) is 35.8 Å². The first-order valence-electron chi connectivity index (χ1n) is 5.70. The summed E-state index contributed by atoms with van der Waals surface area (Å²) in [6.45, 7) is 0. The van der Waals surface area contributed by atoms with Gasteiger partial charge in [-0.15, -0.1) is 12.4 Å². The Morgan fingerprint density at radius 1 is 1.00 bits per heavy atom. The maximum atomic E-state index is 13.6. The highest BCUT2D eigenvalue weighted by Gasteiger charge is 2.29. The van der Waals surface area contributed by atoms with Gasteiger partial charge in [-0.25, -0.2) is 4.39 Å². The van der Waals surface area contributed by atoms with Crippen LogP contribution in [0.2, 0.25) is 0 Å². The molecule has 0 aliphatic heterocycles. The van der Waals surface area contributed by atoms with E-state index in [4.69, 9.17) is 5.73 Å². The highest BCUT2D eigenvalue weighted by Crippen LogP contribution is 2.39. The van der Waals surface area contributed by atoms with Crippen LogP contribution in [0.3, 0.4) is 0 Å². The Morgan fingerprint density at radius 3 is 2.35 bits per heavy atom. The third kappa shape index (κ3) is 1.92. The molecule has 2 N–H and O–H groups in total. The van der Waals surface area contributed by atoms with Crippen LogP contribution in [0.1, 0.15) is 24.3 Å². The maximum absolute atomic E-state index is 13.6. The van der Waals surface area contributed by atoms with Crippen molar-refractivity contribution in [3.05, 3.63) is 47.8 Å².